The van der Waals surface area contributed by atoms with Gasteiger partial charge in [-0.15, -0.1) is 0 Å². The minimum Gasteiger partial charge on any atom is -0.396 e. The first kappa shape index (κ1) is 14.0. The van der Waals surface area contributed by atoms with E-state index < -0.39 is 0 Å². The molecular formula is C16H22N2O. The van der Waals surface area contributed by atoms with Crippen LogP contribution < -0.4 is 0 Å². The Hall–Kier alpha value is -1.37. The zero-order valence-corrected chi connectivity index (χ0v) is 11.3. The van der Waals surface area contributed by atoms with Crippen molar-refractivity contribution in [3.05, 3.63) is 35.9 Å². The lowest BCUT2D eigenvalue weighted by molar-refractivity contribution is 0.0726. The lowest BCUT2D eigenvalue weighted by Gasteiger charge is -2.42. The summed E-state index contributed by atoms with van der Waals surface area (Å²) in [6.45, 7) is 1.10. The van der Waals surface area contributed by atoms with E-state index in [1.807, 2.05) is 18.2 Å². The Labute approximate surface area is 115 Å². The third-order valence-corrected chi connectivity index (χ3v) is 3.99. The Balaban J connectivity index is 2.15. The molecule has 1 aromatic rings. The number of benzene rings is 1. The monoisotopic (exact) mass is 258 g/mol. The fourth-order valence-electron chi connectivity index (χ4n) is 2.75. The Morgan fingerprint density at radius 3 is 2.58 bits per heavy atom. The van der Waals surface area contributed by atoms with E-state index in [1.54, 1.807) is 0 Å². The van der Waals surface area contributed by atoms with Crippen LogP contribution in [0.15, 0.2) is 30.3 Å². The van der Waals surface area contributed by atoms with Gasteiger partial charge in [-0.1, -0.05) is 36.8 Å². The lowest BCUT2D eigenvalue weighted by Crippen LogP contribution is -2.43. The molecule has 1 aliphatic rings. The summed E-state index contributed by atoms with van der Waals surface area (Å²) in [4.78, 5) is 2.43. The molecule has 1 aliphatic carbocycles. The highest BCUT2D eigenvalue weighted by Gasteiger charge is 2.30. The molecule has 0 radical (unpaired) electrons. The van der Waals surface area contributed by atoms with Crippen LogP contribution in [0, 0.1) is 11.3 Å². The van der Waals surface area contributed by atoms with Crippen molar-refractivity contribution in [3.8, 4) is 6.07 Å². The van der Waals surface area contributed by atoms with Gasteiger partial charge in [0, 0.05) is 25.2 Å². The maximum Gasteiger partial charge on any atom is 0.0641 e. The van der Waals surface area contributed by atoms with Gasteiger partial charge in [0.15, 0.2) is 0 Å². The summed E-state index contributed by atoms with van der Waals surface area (Å²) in [6, 6.07) is 13.4. The average Bonchev–Trinajstić information content (AvgIpc) is 2.40. The van der Waals surface area contributed by atoms with Crippen LogP contribution in [0.4, 0.5) is 0 Å². The third-order valence-electron chi connectivity index (χ3n) is 3.99. The first-order valence-electron chi connectivity index (χ1n) is 7.15. The summed E-state index contributed by atoms with van der Waals surface area (Å²) < 4.78 is 0. The molecule has 0 aliphatic heterocycles. The van der Waals surface area contributed by atoms with Crippen molar-refractivity contribution in [1.29, 1.82) is 5.26 Å². The zero-order chi connectivity index (χ0) is 13.5. The normalized spacial score (nSPS) is 16.9. The first-order valence-corrected chi connectivity index (χ1v) is 7.15. The van der Waals surface area contributed by atoms with E-state index in [1.165, 1.54) is 24.8 Å². The second kappa shape index (κ2) is 7.28. The standard InChI is InChI=1S/C16H22N2O/c17-11-10-16(14-6-2-1-3-7-14)18(12-5-13-19)15-8-4-9-15/h1-3,6-7,15-16,19H,4-5,8-10,12-13H2. The van der Waals surface area contributed by atoms with Gasteiger partial charge in [0.25, 0.3) is 0 Å². The van der Waals surface area contributed by atoms with Crippen molar-refractivity contribution in [2.75, 3.05) is 13.2 Å². The summed E-state index contributed by atoms with van der Waals surface area (Å²) >= 11 is 0. The van der Waals surface area contributed by atoms with Crippen LogP contribution in [0.25, 0.3) is 0 Å². The largest absolute Gasteiger partial charge is 0.396 e. The highest BCUT2D eigenvalue weighted by Crippen LogP contribution is 2.34. The lowest BCUT2D eigenvalue weighted by atomic mass is 9.88. The smallest absolute Gasteiger partial charge is 0.0641 e. The molecule has 0 amide bonds. The number of hydrogen-bond donors (Lipinski definition) is 1. The molecule has 1 unspecified atom stereocenters. The quantitative estimate of drug-likeness (QED) is 0.818. The summed E-state index contributed by atoms with van der Waals surface area (Å²) in [5.41, 5.74) is 1.22. The highest BCUT2D eigenvalue weighted by molar-refractivity contribution is 5.20. The number of rotatable bonds is 7. The topological polar surface area (TPSA) is 47.3 Å². The Kier molecular flexibility index (Phi) is 5.38. The second-order valence-electron chi connectivity index (χ2n) is 5.19. The van der Waals surface area contributed by atoms with Crippen molar-refractivity contribution in [2.24, 2.45) is 0 Å². The highest BCUT2D eigenvalue weighted by atomic mass is 16.3. The van der Waals surface area contributed by atoms with Crippen molar-refractivity contribution in [3.63, 3.8) is 0 Å². The van der Waals surface area contributed by atoms with Crippen LogP contribution in [-0.4, -0.2) is 29.2 Å². The first-order chi connectivity index (χ1) is 9.36. The molecule has 3 heteroatoms. The summed E-state index contributed by atoms with van der Waals surface area (Å²) in [5.74, 6) is 0. The Morgan fingerprint density at radius 1 is 1.32 bits per heavy atom. The minimum atomic E-state index is 0.169. The summed E-state index contributed by atoms with van der Waals surface area (Å²) in [5, 5.41) is 18.2. The van der Waals surface area contributed by atoms with Gasteiger partial charge in [0.05, 0.1) is 12.5 Å². The molecule has 1 N–H and O–H groups in total. The van der Waals surface area contributed by atoms with Gasteiger partial charge in [-0.3, -0.25) is 4.90 Å². The van der Waals surface area contributed by atoms with E-state index in [2.05, 4.69) is 23.1 Å². The Morgan fingerprint density at radius 2 is 2.05 bits per heavy atom. The summed E-state index contributed by atoms with van der Waals surface area (Å²) in [6.07, 6.45) is 5.03. The molecule has 0 bridgehead atoms. The molecule has 3 nitrogen and oxygen atoms in total. The van der Waals surface area contributed by atoms with E-state index in [9.17, 15) is 0 Å². The van der Waals surface area contributed by atoms with Gasteiger partial charge in [0.2, 0.25) is 0 Å². The minimum absolute atomic E-state index is 0.169. The predicted octanol–water partition coefficient (Wildman–Crippen LogP) is 2.88. The van der Waals surface area contributed by atoms with Gasteiger partial charge >= 0.3 is 0 Å². The fraction of sp³-hybridized carbons (Fsp3) is 0.562. The van der Waals surface area contributed by atoms with Gasteiger partial charge in [-0.05, 0) is 24.8 Å². The van der Waals surface area contributed by atoms with E-state index >= 15 is 0 Å². The third kappa shape index (κ3) is 3.56. The maximum atomic E-state index is 9.12. The van der Waals surface area contributed by atoms with Gasteiger partial charge in [-0.25, -0.2) is 0 Å². The van der Waals surface area contributed by atoms with Crippen LogP contribution in [0.1, 0.15) is 43.7 Å². The van der Waals surface area contributed by atoms with Crippen molar-refractivity contribution in [1.82, 2.24) is 4.90 Å². The second-order valence-corrected chi connectivity index (χ2v) is 5.19. The predicted molar refractivity (Wildman–Crippen MR) is 75.5 cm³/mol. The van der Waals surface area contributed by atoms with Crippen molar-refractivity contribution < 1.29 is 5.11 Å². The number of hydrogen-bond acceptors (Lipinski definition) is 3. The average molecular weight is 258 g/mol. The molecular weight excluding hydrogens is 236 g/mol. The molecule has 1 atom stereocenters. The van der Waals surface area contributed by atoms with Crippen LogP contribution in [0.2, 0.25) is 0 Å². The molecule has 0 spiro atoms. The molecule has 2 rings (SSSR count). The van der Waals surface area contributed by atoms with Gasteiger partial charge in [-0.2, -0.15) is 5.26 Å². The number of aliphatic hydroxyl groups is 1. The molecule has 19 heavy (non-hydrogen) atoms. The van der Waals surface area contributed by atoms with Crippen molar-refractivity contribution >= 4 is 0 Å². The van der Waals surface area contributed by atoms with Gasteiger partial charge in [0.1, 0.15) is 0 Å². The van der Waals surface area contributed by atoms with Crippen LogP contribution in [0.5, 0.6) is 0 Å². The number of aliphatic hydroxyl groups excluding tert-OH is 1. The molecule has 1 fully saturated rings. The molecule has 0 saturated heterocycles. The SMILES string of the molecule is N#CCC(c1ccccc1)N(CCCO)C1CCC1. The Bertz CT molecular complexity index is 409. The summed E-state index contributed by atoms with van der Waals surface area (Å²) in [7, 11) is 0. The molecule has 102 valence electrons. The van der Waals surface area contributed by atoms with E-state index in [0.717, 1.165) is 13.0 Å². The number of nitrogens with zero attached hydrogens (tertiary/aromatic N) is 2. The molecule has 1 saturated carbocycles. The van der Waals surface area contributed by atoms with Crippen LogP contribution in [-0.2, 0) is 0 Å². The molecule has 0 aromatic heterocycles. The van der Waals surface area contributed by atoms with E-state index in [4.69, 9.17) is 10.4 Å². The maximum absolute atomic E-state index is 9.12. The van der Waals surface area contributed by atoms with Gasteiger partial charge < -0.3 is 5.11 Å². The number of nitriles is 1. The van der Waals surface area contributed by atoms with Crippen molar-refractivity contribution in [2.45, 2.75) is 44.2 Å². The van der Waals surface area contributed by atoms with Crippen LogP contribution in [0.3, 0.4) is 0 Å². The fourth-order valence-corrected chi connectivity index (χ4v) is 2.75. The van der Waals surface area contributed by atoms with E-state index in [-0.39, 0.29) is 12.6 Å². The molecule has 1 aromatic carbocycles. The zero-order valence-electron chi connectivity index (χ0n) is 11.3. The van der Waals surface area contributed by atoms with E-state index in [0.29, 0.717) is 12.5 Å². The van der Waals surface area contributed by atoms with Crippen LogP contribution >= 0.6 is 0 Å². The molecule has 0 heterocycles.